The first kappa shape index (κ1) is 14.9. The number of carbonyl (C=O) groups excluding carboxylic acids is 2. The number of nitrogens with one attached hydrogen (secondary N) is 1. The molecule has 2 aromatic rings. The van der Waals surface area contributed by atoms with E-state index in [9.17, 15) is 9.59 Å². The molecular formula is C18H20N4O2. The number of hydrogen-bond acceptors (Lipinski definition) is 3. The molecule has 0 radical (unpaired) electrons. The van der Waals surface area contributed by atoms with Crippen LogP contribution in [0.15, 0.2) is 24.3 Å². The van der Waals surface area contributed by atoms with Crippen molar-refractivity contribution in [3.05, 3.63) is 41.1 Å². The maximum Gasteiger partial charge on any atom is 0.269 e. The van der Waals surface area contributed by atoms with Gasteiger partial charge in [0.25, 0.3) is 5.91 Å². The average Bonchev–Trinajstić information content (AvgIpc) is 3.23. The lowest BCUT2D eigenvalue weighted by molar-refractivity contribution is -0.120. The Bertz CT molecular complexity index is 818. The van der Waals surface area contributed by atoms with Crippen LogP contribution in [-0.2, 0) is 17.6 Å². The molecule has 1 aromatic heterocycles. The molecule has 2 amide bonds. The molecule has 0 saturated heterocycles. The summed E-state index contributed by atoms with van der Waals surface area (Å²) in [6.07, 6.45) is 5.54. The molecule has 1 fully saturated rings. The largest absolute Gasteiger partial charge is 0.364 e. The van der Waals surface area contributed by atoms with Crippen molar-refractivity contribution in [2.45, 2.75) is 38.5 Å². The Kier molecular flexibility index (Phi) is 3.59. The minimum Gasteiger partial charge on any atom is -0.364 e. The van der Waals surface area contributed by atoms with Crippen molar-refractivity contribution in [1.29, 1.82) is 0 Å². The molecule has 1 aromatic carbocycles. The molecule has 24 heavy (non-hydrogen) atoms. The number of rotatable bonds is 3. The number of nitrogens with zero attached hydrogens (tertiary/aromatic N) is 2. The Hall–Kier alpha value is -2.63. The molecule has 2 aliphatic carbocycles. The van der Waals surface area contributed by atoms with Crippen LogP contribution in [0.25, 0.3) is 11.3 Å². The summed E-state index contributed by atoms with van der Waals surface area (Å²) in [5, 5.41) is 4.31. The fourth-order valence-corrected chi connectivity index (χ4v) is 3.86. The fraction of sp³-hybridized carbons (Fsp3) is 0.389. The van der Waals surface area contributed by atoms with E-state index in [1.807, 2.05) is 18.2 Å². The SMILES string of the molecule is NC(=O)c1nn(NC(=O)C2CCCC2)c2c1CCc1ccccc1-2. The van der Waals surface area contributed by atoms with Gasteiger partial charge in [-0.3, -0.25) is 9.59 Å². The molecule has 0 bridgehead atoms. The predicted molar refractivity (Wildman–Crippen MR) is 89.9 cm³/mol. The van der Waals surface area contributed by atoms with E-state index >= 15 is 0 Å². The van der Waals surface area contributed by atoms with Crippen molar-refractivity contribution in [3.63, 3.8) is 0 Å². The van der Waals surface area contributed by atoms with Gasteiger partial charge in [0.05, 0.1) is 5.69 Å². The molecule has 1 heterocycles. The van der Waals surface area contributed by atoms with Crippen LogP contribution in [0.1, 0.15) is 47.3 Å². The molecule has 4 rings (SSSR count). The highest BCUT2D eigenvalue weighted by molar-refractivity contribution is 5.95. The predicted octanol–water partition coefficient (Wildman–Crippen LogP) is 2.01. The second-order valence-electron chi connectivity index (χ2n) is 6.57. The second-order valence-corrected chi connectivity index (χ2v) is 6.57. The summed E-state index contributed by atoms with van der Waals surface area (Å²) < 4.78 is 0. The smallest absolute Gasteiger partial charge is 0.269 e. The number of aromatic nitrogens is 2. The lowest BCUT2D eigenvalue weighted by Crippen LogP contribution is -2.30. The van der Waals surface area contributed by atoms with Crippen molar-refractivity contribution in [3.8, 4) is 11.3 Å². The zero-order valence-corrected chi connectivity index (χ0v) is 13.4. The minimum atomic E-state index is -0.556. The van der Waals surface area contributed by atoms with Gasteiger partial charge in [-0.2, -0.15) is 4.79 Å². The topological polar surface area (TPSA) is 90.0 Å². The highest BCUT2D eigenvalue weighted by Crippen LogP contribution is 2.35. The van der Waals surface area contributed by atoms with Crippen LogP contribution < -0.4 is 11.2 Å². The minimum absolute atomic E-state index is 0.0284. The van der Waals surface area contributed by atoms with Gasteiger partial charge in [-0.25, -0.2) is 5.43 Å². The number of fused-ring (bicyclic) bond motifs is 3. The maximum absolute atomic E-state index is 12.5. The van der Waals surface area contributed by atoms with Crippen LogP contribution in [0.3, 0.4) is 0 Å². The quantitative estimate of drug-likeness (QED) is 0.905. The first-order valence-electron chi connectivity index (χ1n) is 8.46. The molecule has 6 nitrogen and oxygen atoms in total. The average molecular weight is 324 g/mol. The van der Waals surface area contributed by atoms with E-state index in [4.69, 9.17) is 5.73 Å². The van der Waals surface area contributed by atoms with E-state index in [2.05, 4.69) is 16.6 Å². The molecule has 1 saturated carbocycles. The van der Waals surface area contributed by atoms with E-state index in [1.54, 1.807) is 0 Å². The van der Waals surface area contributed by atoms with Crippen LogP contribution in [0.4, 0.5) is 0 Å². The lowest BCUT2D eigenvalue weighted by Gasteiger charge is -2.19. The van der Waals surface area contributed by atoms with Gasteiger partial charge in [0.1, 0.15) is 0 Å². The lowest BCUT2D eigenvalue weighted by atomic mass is 9.89. The van der Waals surface area contributed by atoms with Crippen molar-refractivity contribution in [1.82, 2.24) is 9.89 Å². The van der Waals surface area contributed by atoms with Gasteiger partial charge in [-0.05, 0) is 31.2 Å². The van der Waals surface area contributed by atoms with Gasteiger partial charge in [-0.15, -0.1) is 5.10 Å². The summed E-state index contributed by atoms with van der Waals surface area (Å²) >= 11 is 0. The van der Waals surface area contributed by atoms with Gasteiger partial charge in [0, 0.05) is 17.0 Å². The highest BCUT2D eigenvalue weighted by Gasteiger charge is 2.29. The molecule has 0 spiro atoms. The van der Waals surface area contributed by atoms with Gasteiger partial charge >= 0.3 is 0 Å². The Morgan fingerprint density at radius 2 is 1.92 bits per heavy atom. The van der Waals surface area contributed by atoms with E-state index in [0.29, 0.717) is 6.42 Å². The van der Waals surface area contributed by atoms with Crippen molar-refractivity contribution < 1.29 is 9.59 Å². The Morgan fingerprint density at radius 3 is 2.67 bits per heavy atom. The zero-order valence-electron chi connectivity index (χ0n) is 13.4. The normalized spacial score (nSPS) is 16.5. The maximum atomic E-state index is 12.5. The van der Waals surface area contributed by atoms with Crippen molar-refractivity contribution in [2.75, 3.05) is 5.43 Å². The number of carbonyl (C=O) groups is 2. The molecule has 2 aliphatic rings. The van der Waals surface area contributed by atoms with Crippen LogP contribution in [0.5, 0.6) is 0 Å². The molecule has 0 atom stereocenters. The highest BCUT2D eigenvalue weighted by atomic mass is 16.2. The molecular weight excluding hydrogens is 304 g/mol. The number of primary amides is 1. The van der Waals surface area contributed by atoms with E-state index in [0.717, 1.165) is 48.9 Å². The first-order chi connectivity index (χ1) is 11.6. The van der Waals surface area contributed by atoms with E-state index in [1.165, 1.54) is 10.4 Å². The third kappa shape index (κ3) is 2.38. The standard InChI is InChI=1S/C18H20N4O2/c19-17(23)15-14-10-9-11-5-3-4-8-13(11)16(14)22(20-15)21-18(24)12-6-1-2-7-12/h3-5,8,12H,1-2,6-7,9-10H2,(H2,19,23)(H,21,24). The number of benzene rings is 1. The number of aryl methyl sites for hydroxylation is 1. The number of nitrogens with two attached hydrogens (primary N) is 1. The van der Waals surface area contributed by atoms with Gasteiger partial charge in [0.15, 0.2) is 5.69 Å². The molecule has 6 heteroatoms. The summed E-state index contributed by atoms with van der Waals surface area (Å²) in [6, 6.07) is 8.01. The van der Waals surface area contributed by atoms with E-state index in [-0.39, 0.29) is 17.5 Å². The van der Waals surface area contributed by atoms with E-state index < -0.39 is 5.91 Å². The number of amides is 2. The van der Waals surface area contributed by atoms with Crippen molar-refractivity contribution in [2.24, 2.45) is 11.7 Å². The third-order valence-corrected chi connectivity index (χ3v) is 5.08. The summed E-state index contributed by atoms with van der Waals surface area (Å²) in [5.74, 6) is -0.558. The molecule has 3 N–H and O–H groups in total. The fourth-order valence-electron chi connectivity index (χ4n) is 3.86. The Labute approximate surface area is 140 Å². The zero-order chi connectivity index (χ0) is 16.7. The molecule has 0 unspecified atom stereocenters. The Morgan fingerprint density at radius 1 is 1.17 bits per heavy atom. The second kappa shape index (κ2) is 5.78. The summed E-state index contributed by atoms with van der Waals surface area (Å²) in [4.78, 5) is 25.7. The van der Waals surface area contributed by atoms with Gasteiger partial charge < -0.3 is 5.73 Å². The molecule has 0 aliphatic heterocycles. The van der Waals surface area contributed by atoms with Crippen LogP contribution in [-0.4, -0.2) is 21.7 Å². The van der Waals surface area contributed by atoms with Crippen LogP contribution >= 0.6 is 0 Å². The monoisotopic (exact) mass is 324 g/mol. The number of hydrogen-bond donors (Lipinski definition) is 2. The molecule has 124 valence electrons. The van der Waals surface area contributed by atoms with Gasteiger partial charge in [0.2, 0.25) is 5.91 Å². The Balaban J connectivity index is 1.77. The first-order valence-corrected chi connectivity index (χ1v) is 8.46. The third-order valence-electron chi connectivity index (χ3n) is 5.08. The summed E-state index contributed by atoms with van der Waals surface area (Å²) in [6.45, 7) is 0. The van der Waals surface area contributed by atoms with Gasteiger partial charge in [-0.1, -0.05) is 37.1 Å². The van der Waals surface area contributed by atoms with Crippen LogP contribution in [0.2, 0.25) is 0 Å². The summed E-state index contributed by atoms with van der Waals surface area (Å²) in [5.41, 5.74) is 12.5. The van der Waals surface area contributed by atoms with Crippen molar-refractivity contribution >= 4 is 11.8 Å². The summed E-state index contributed by atoms with van der Waals surface area (Å²) in [7, 11) is 0. The van der Waals surface area contributed by atoms with Crippen LogP contribution in [0, 0.1) is 5.92 Å².